The van der Waals surface area contributed by atoms with Crippen LogP contribution in [0.5, 0.6) is 0 Å². The molecule has 1 aromatic carbocycles. The van der Waals surface area contributed by atoms with Crippen LogP contribution in [0.1, 0.15) is 18.4 Å². The molecule has 3 aromatic rings. The summed E-state index contributed by atoms with van der Waals surface area (Å²) in [7, 11) is 0. The smallest absolute Gasteiger partial charge is 0.351 e. The van der Waals surface area contributed by atoms with Gasteiger partial charge in [0, 0.05) is 38.1 Å². The number of rotatable bonds is 1. The molecule has 2 aliphatic heterocycles. The van der Waals surface area contributed by atoms with Gasteiger partial charge < -0.3 is 4.90 Å². The van der Waals surface area contributed by atoms with E-state index in [4.69, 9.17) is 0 Å². The fourth-order valence-electron chi connectivity index (χ4n) is 4.31. The van der Waals surface area contributed by atoms with Gasteiger partial charge in [0.1, 0.15) is 5.52 Å². The third-order valence-corrected chi connectivity index (χ3v) is 5.67. The molecule has 2 saturated heterocycles. The fraction of sp³-hybridized carbons (Fsp3) is 0.444. The van der Waals surface area contributed by atoms with Gasteiger partial charge in [-0.3, -0.25) is 9.30 Å². The van der Waals surface area contributed by atoms with E-state index >= 15 is 0 Å². The lowest BCUT2D eigenvalue weighted by molar-refractivity contribution is -0.140. The van der Waals surface area contributed by atoms with Crippen LogP contribution in [0.2, 0.25) is 0 Å². The van der Waals surface area contributed by atoms with Gasteiger partial charge in [-0.15, -0.1) is 0 Å². The summed E-state index contributed by atoms with van der Waals surface area (Å²) >= 11 is 0. The number of hydrogen-bond acceptors (Lipinski definition) is 4. The SMILES string of the molecule is Fc1c(C(F)(F)F)cc2c(nc(N3CCN4CCCC4C3)c3nccn32)c1F. The molecule has 0 aliphatic carbocycles. The van der Waals surface area contributed by atoms with Gasteiger partial charge in [0.2, 0.25) is 0 Å². The summed E-state index contributed by atoms with van der Waals surface area (Å²) in [6.07, 6.45) is 0.00515. The Labute approximate surface area is 156 Å². The van der Waals surface area contributed by atoms with Crippen LogP contribution in [-0.2, 0) is 6.18 Å². The summed E-state index contributed by atoms with van der Waals surface area (Å²) in [5, 5.41) is 0. The van der Waals surface area contributed by atoms with Crippen LogP contribution < -0.4 is 4.90 Å². The molecule has 5 nitrogen and oxygen atoms in total. The highest BCUT2D eigenvalue weighted by Crippen LogP contribution is 2.37. The molecule has 28 heavy (non-hydrogen) atoms. The van der Waals surface area contributed by atoms with Gasteiger partial charge in [0.15, 0.2) is 23.1 Å². The minimum atomic E-state index is -5.01. The summed E-state index contributed by atoms with van der Waals surface area (Å²) in [5.74, 6) is -3.16. The zero-order valence-electron chi connectivity index (χ0n) is 14.7. The van der Waals surface area contributed by atoms with E-state index in [0.717, 1.165) is 25.9 Å². The number of nitrogens with zero attached hydrogens (tertiary/aromatic N) is 5. The van der Waals surface area contributed by atoms with Crippen molar-refractivity contribution in [2.75, 3.05) is 31.1 Å². The second-order valence-corrected chi connectivity index (χ2v) is 7.25. The van der Waals surface area contributed by atoms with Crippen molar-refractivity contribution in [2.24, 2.45) is 0 Å². The van der Waals surface area contributed by atoms with Crippen molar-refractivity contribution in [3.8, 4) is 0 Å². The predicted octanol–water partition coefficient (Wildman–Crippen LogP) is 3.46. The van der Waals surface area contributed by atoms with Crippen molar-refractivity contribution in [1.29, 1.82) is 0 Å². The highest BCUT2D eigenvalue weighted by molar-refractivity contribution is 5.84. The van der Waals surface area contributed by atoms with Crippen molar-refractivity contribution < 1.29 is 22.0 Å². The van der Waals surface area contributed by atoms with Crippen LogP contribution in [0.15, 0.2) is 18.5 Å². The van der Waals surface area contributed by atoms with Gasteiger partial charge in [-0.2, -0.15) is 13.2 Å². The Kier molecular flexibility index (Phi) is 3.77. The maximum atomic E-state index is 14.6. The third-order valence-electron chi connectivity index (χ3n) is 5.67. The molecule has 1 unspecified atom stereocenters. The Bertz CT molecular complexity index is 1080. The number of imidazole rings is 1. The predicted molar refractivity (Wildman–Crippen MR) is 92.2 cm³/mol. The fourth-order valence-corrected chi connectivity index (χ4v) is 4.31. The standard InChI is InChI=1S/C18H16F5N5/c19-13-11(18(21,22)23)8-12-15(14(13)20)25-17(16-24-3-5-28(12)16)27-7-6-26-4-1-2-10(26)9-27/h3,5,8,10H,1-2,4,6-7,9H2. The van der Waals surface area contributed by atoms with Crippen molar-refractivity contribution in [3.05, 3.63) is 35.7 Å². The molecule has 2 aliphatic rings. The first-order valence-corrected chi connectivity index (χ1v) is 9.05. The Morgan fingerprint density at radius 3 is 2.68 bits per heavy atom. The Morgan fingerprint density at radius 2 is 1.89 bits per heavy atom. The zero-order valence-corrected chi connectivity index (χ0v) is 14.7. The molecule has 5 rings (SSSR count). The third kappa shape index (κ3) is 2.54. The lowest BCUT2D eigenvalue weighted by atomic mass is 10.1. The van der Waals surface area contributed by atoms with E-state index in [1.165, 1.54) is 16.8 Å². The molecule has 0 radical (unpaired) electrons. The molecule has 0 bridgehead atoms. The first-order chi connectivity index (χ1) is 13.3. The van der Waals surface area contributed by atoms with Crippen LogP contribution >= 0.6 is 0 Å². The number of piperazine rings is 1. The van der Waals surface area contributed by atoms with Crippen LogP contribution in [0, 0.1) is 11.6 Å². The van der Waals surface area contributed by atoms with E-state index in [0.29, 0.717) is 36.7 Å². The highest BCUT2D eigenvalue weighted by Gasteiger charge is 2.38. The highest BCUT2D eigenvalue weighted by atomic mass is 19.4. The van der Waals surface area contributed by atoms with Gasteiger partial charge in [-0.1, -0.05) is 0 Å². The lowest BCUT2D eigenvalue weighted by Gasteiger charge is -2.38. The van der Waals surface area contributed by atoms with Gasteiger partial charge >= 0.3 is 6.18 Å². The quantitative estimate of drug-likeness (QED) is 0.590. The number of fused-ring (bicyclic) bond motifs is 4. The minimum Gasteiger partial charge on any atom is -0.351 e. The molecule has 2 fully saturated rings. The number of benzene rings is 1. The van der Waals surface area contributed by atoms with Crippen LogP contribution in [0.4, 0.5) is 27.8 Å². The number of anilines is 1. The van der Waals surface area contributed by atoms with Crippen molar-refractivity contribution in [2.45, 2.75) is 25.1 Å². The largest absolute Gasteiger partial charge is 0.419 e. The lowest BCUT2D eigenvalue weighted by Crippen LogP contribution is -2.50. The second kappa shape index (κ2) is 6.00. The molecule has 0 amide bonds. The molecule has 0 spiro atoms. The number of halogens is 5. The maximum absolute atomic E-state index is 14.6. The monoisotopic (exact) mass is 397 g/mol. The molecule has 2 aromatic heterocycles. The van der Waals surface area contributed by atoms with Crippen LogP contribution in [0.3, 0.4) is 0 Å². The Hall–Kier alpha value is -2.49. The average molecular weight is 397 g/mol. The van der Waals surface area contributed by atoms with E-state index in [-0.39, 0.29) is 5.52 Å². The summed E-state index contributed by atoms with van der Waals surface area (Å²) in [6, 6.07) is 0.948. The summed E-state index contributed by atoms with van der Waals surface area (Å²) in [4.78, 5) is 12.8. The topological polar surface area (TPSA) is 36.7 Å². The van der Waals surface area contributed by atoms with E-state index in [2.05, 4.69) is 14.9 Å². The number of alkyl halides is 3. The van der Waals surface area contributed by atoms with Gasteiger partial charge in [-0.25, -0.2) is 18.7 Å². The minimum absolute atomic E-state index is 0.165. The Morgan fingerprint density at radius 1 is 1.07 bits per heavy atom. The summed E-state index contributed by atoms with van der Waals surface area (Å²) in [6.45, 7) is 3.18. The normalized spacial score (nSPS) is 21.0. The van der Waals surface area contributed by atoms with Crippen molar-refractivity contribution in [3.63, 3.8) is 0 Å². The van der Waals surface area contributed by atoms with Gasteiger partial charge in [-0.05, 0) is 25.5 Å². The second-order valence-electron chi connectivity index (χ2n) is 7.25. The van der Waals surface area contributed by atoms with E-state index < -0.39 is 28.9 Å². The van der Waals surface area contributed by atoms with Crippen molar-refractivity contribution in [1.82, 2.24) is 19.3 Å². The Balaban J connectivity index is 1.71. The molecule has 1 atom stereocenters. The summed E-state index contributed by atoms with van der Waals surface area (Å²) in [5.41, 5.74) is -1.92. The molecule has 0 saturated carbocycles. The molecule has 0 N–H and O–H groups in total. The number of hydrogen-bond donors (Lipinski definition) is 0. The number of aromatic nitrogens is 3. The molecule has 4 heterocycles. The molecular formula is C18H16F5N5. The first kappa shape index (κ1) is 17.6. The van der Waals surface area contributed by atoms with Crippen LogP contribution in [-0.4, -0.2) is 51.5 Å². The van der Waals surface area contributed by atoms with E-state index in [1.54, 1.807) is 0 Å². The van der Waals surface area contributed by atoms with Crippen LogP contribution in [0.25, 0.3) is 16.7 Å². The van der Waals surface area contributed by atoms with E-state index in [9.17, 15) is 22.0 Å². The van der Waals surface area contributed by atoms with Crippen molar-refractivity contribution >= 4 is 22.5 Å². The van der Waals surface area contributed by atoms with Gasteiger partial charge in [0.25, 0.3) is 0 Å². The first-order valence-electron chi connectivity index (χ1n) is 9.05. The van der Waals surface area contributed by atoms with E-state index in [1.807, 2.05) is 4.90 Å². The zero-order chi connectivity index (χ0) is 19.6. The summed E-state index contributed by atoms with van der Waals surface area (Å²) < 4.78 is 69.4. The molecule has 148 valence electrons. The maximum Gasteiger partial charge on any atom is 0.419 e. The van der Waals surface area contributed by atoms with Gasteiger partial charge in [0.05, 0.1) is 11.1 Å². The molecule has 10 heteroatoms. The molecular weight excluding hydrogens is 381 g/mol. The average Bonchev–Trinajstić information content (AvgIpc) is 3.31.